The molecule has 0 aromatic heterocycles. The molecule has 1 saturated carbocycles. The zero-order valence-corrected chi connectivity index (χ0v) is 13.8. The molecule has 2 N–H and O–H groups in total. The van der Waals surface area contributed by atoms with E-state index in [0.29, 0.717) is 17.4 Å². The van der Waals surface area contributed by atoms with Gasteiger partial charge in [-0.25, -0.2) is 8.42 Å². The lowest BCUT2D eigenvalue weighted by Gasteiger charge is -2.27. The molecule has 1 unspecified atom stereocenters. The third-order valence-electron chi connectivity index (χ3n) is 3.86. The van der Waals surface area contributed by atoms with Gasteiger partial charge < -0.3 is 5.73 Å². The summed E-state index contributed by atoms with van der Waals surface area (Å²) in [5, 5.41) is 0. The van der Waals surface area contributed by atoms with Gasteiger partial charge in [-0.3, -0.25) is 0 Å². The summed E-state index contributed by atoms with van der Waals surface area (Å²) in [6.07, 6.45) is 2.16. The van der Waals surface area contributed by atoms with Crippen molar-refractivity contribution in [2.75, 3.05) is 13.6 Å². The lowest BCUT2D eigenvalue weighted by Crippen LogP contribution is -2.43. The summed E-state index contributed by atoms with van der Waals surface area (Å²) in [6, 6.07) is 5.35. The van der Waals surface area contributed by atoms with Gasteiger partial charge in [0, 0.05) is 19.6 Å². The molecule has 1 fully saturated rings. The standard InChI is InChI=1S/C14H22N2O2S.ClH/c1-10-4-7-14(11(2)8-10)19(17,18)16(3)13(9-15)12-5-6-12;/h4,7-8,12-13H,5-6,9,15H2,1-3H3;1H. The third kappa shape index (κ3) is 3.34. The van der Waals surface area contributed by atoms with Gasteiger partial charge in [-0.2, -0.15) is 4.31 Å². The van der Waals surface area contributed by atoms with Crippen molar-refractivity contribution in [1.29, 1.82) is 0 Å². The van der Waals surface area contributed by atoms with Crippen LogP contribution in [0.4, 0.5) is 0 Å². The number of hydrogen-bond donors (Lipinski definition) is 1. The number of likely N-dealkylation sites (N-methyl/N-ethyl adjacent to an activating group) is 1. The van der Waals surface area contributed by atoms with Gasteiger partial charge in [0.1, 0.15) is 0 Å². The van der Waals surface area contributed by atoms with E-state index in [1.807, 2.05) is 26.0 Å². The quantitative estimate of drug-likeness (QED) is 0.904. The average molecular weight is 319 g/mol. The van der Waals surface area contributed by atoms with Crippen molar-refractivity contribution in [3.05, 3.63) is 29.3 Å². The maximum absolute atomic E-state index is 12.7. The van der Waals surface area contributed by atoms with Gasteiger partial charge >= 0.3 is 0 Å². The average Bonchev–Trinajstić information content (AvgIpc) is 3.13. The molecule has 0 spiro atoms. The molecule has 0 radical (unpaired) electrons. The van der Waals surface area contributed by atoms with Gasteiger partial charge in [0.25, 0.3) is 0 Å². The molecule has 0 bridgehead atoms. The fraction of sp³-hybridized carbons (Fsp3) is 0.571. The SMILES string of the molecule is Cc1ccc(S(=O)(=O)N(C)C(CN)C2CC2)c(C)c1.Cl. The minimum absolute atomic E-state index is 0. The zero-order chi connectivity index (χ0) is 14.2. The maximum atomic E-state index is 12.7. The maximum Gasteiger partial charge on any atom is 0.243 e. The van der Waals surface area contributed by atoms with E-state index in [2.05, 4.69) is 0 Å². The molecule has 0 saturated heterocycles. The summed E-state index contributed by atoms with van der Waals surface area (Å²) in [5.74, 6) is 0.426. The minimum Gasteiger partial charge on any atom is -0.329 e. The highest BCUT2D eigenvalue weighted by atomic mass is 35.5. The predicted octanol–water partition coefficient (Wildman–Crippen LogP) is 2.08. The number of rotatable bonds is 5. The Morgan fingerprint density at radius 1 is 1.35 bits per heavy atom. The van der Waals surface area contributed by atoms with Crippen molar-refractivity contribution in [3.8, 4) is 0 Å². The Hall–Kier alpha value is -0.620. The van der Waals surface area contributed by atoms with E-state index < -0.39 is 10.0 Å². The van der Waals surface area contributed by atoms with Crippen LogP contribution in [0, 0.1) is 19.8 Å². The molecule has 0 amide bonds. The largest absolute Gasteiger partial charge is 0.329 e. The molecule has 6 heteroatoms. The number of sulfonamides is 1. The first kappa shape index (κ1) is 17.4. The van der Waals surface area contributed by atoms with E-state index in [-0.39, 0.29) is 18.4 Å². The van der Waals surface area contributed by atoms with Crippen LogP contribution in [0.1, 0.15) is 24.0 Å². The molecule has 114 valence electrons. The fourth-order valence-electron chi connectivity index (χ4n) is 2.54. The van der Waals surface area contributed by atoms with Crippen LogP contribution >= 0.6 is 12.4 Å². The number of nitrogens with two attached hydrogens (primary N) is 1. The van der Waals surface area contributed by atoms with E-state index >= 15 is 0 Å². The Morgan fingerprint density at radius 2 is 1.95 bits per heavy atom. The Labute approximate surface area is 127 Å². The molecule has 0 heterocycles. The minimum atomic E-state index is -3.45. The van der Waals surface area contributed by atoms with Crippen molar-refractivity contribution >= 4 is 22.4 Å². The molecule has 1 aromatic rings. The van der Waals surface area contributed by atoms with Crippen molar-refractivity contribution in [3.63, 3.8) is 0 Å². The highest BCUT2D eigenvalue weighted by Gasteiger charge is 2.38. The zero-order valence-electron chi connectivity index (χ0n) is 12.2. The second-order valence-electron chi connectivity index (χ2n) is 5.43. The summed E-state index contributed by atoms with van der Waals surface area (Å²) in [6.45, 7) is 4.17. The van der Waals surface area contributed by atoms with Crippen LogP contribution in [-0.2, 0) is 10.0 Å². The van der Waals surface area contributed by atoms with Gasteiger partial charge in [-0.15, -0.1) is 12.4 Å². The van der Waals surface area contributed by atoms with Crippen LogP contribution in [-0.4, -0.2) is 32.4 Å². The molecule has 1 aliphatic carbocycles. The Balaban J connectivity index is 0.00000200. The van der Waals surface area contributed by atoms with Gasteiger partial charge in [-0.05, 0) is 44.2 Å². The van der Waals surface area contributed by atoms with Crippen LogP contribution in [0.5, 0.6) is 0 Å². The molecule has 20 heavy (non-hydrogen) atoms. The summed E-state index contributed by atoms with van der Waals surface area (Å²) >= 11 is 0. The summed E-state index contributed by atoms with van der Waals surface area (Å²) in [7, 11) is -1.81. The fourth-order valence-corrected chi connectivity index (χ4v) is 4.17. The number of benzene rings is 1. The summed E-state index contributed by atoms with van der Waals surface area (Å²) < 4.78 is 26.8. The molecular weight excluding hydrogens is 296 g/mol. The van der Waals surface area contributed by atoms with Crippen molar-refractivity contribution in [2.24, 2.45) is 11.7 Å². The normalized spacial score (nSPS) is 16.9. The van der Waals surface area contributed by atoms with Gasteiger partial charge in [-0.1, -0.05) is 17.7 Å². The molecule has 4 nitrogen and oxygen atoms in total. The van der Waals surface area contributed by atoms with Crippen LogP contribution < -0.4 is 5.73 Å². The smallest absolute Gasteiger partial charge is 0.243 e. The Morgan fingerprint density at radius 3 is 2.40 bits per heavy atom. The van der Waals surface area contributed by atoms with E-state index in [0.717, 1.165) is 24.0 Å². The van der Waals surface area contributed by atoms with Crippen molar-refractivity contribution in [2.45, 2.75) is 37.6 Å². The Bertz CT molecular complexity index is 571. The summed E-state index contributed by atoms with van der Waals surface area (Å²) in [5.41, 5.74) is 7.60. The highest BCUT2D eigenvalue weighted by Crippen LogP contribution is 2.36. The van der Waals surface area contributed by atoms with Crippen LogP contribution in [0.3, 0.4) is 0 Å². The summed E-state index contributed by atoms with van der Waals surface area (Å²) in [4.78, 5) is 0.389. The van der Waals surface area contributed by atoms with E-state index in [9.17, 15) is 8.42 Å². The van der Waals surface area contributed by atoms with Gasteiger partial charge in [0.15, 0.2) is 0 Å². The molecule has 1 aromatic carbocycles. The van der Waals surface area contributed by atoms with Crippen LogP contribution in [0.15, 0.2) is 23.1 Å². The number of aryl methyl sites for hydroxylation is 2. The second kappa shape index (κ2) is 6.43. The molecule has 1 atom stereocenters. The second-order valence-corrected chi connectivity index (χ2v) is 7.40. The van der Waals surface area contributed by atoms with Crippen LogP contribution in [0.25, 0.3) is 0 Å². The first-order chi connectivity index (χ1) is 8.87. The monoisotopic (exact) mass is 318 g/mol. The van der Waals surface area contributed by atoms with Gasteiger partial charge in [0.05, 0.1) is 4.90 Å². The first-order valence-corrected chi connectivity index (χ1v) is 8.07. The van der Waals surface area contributed by atoms with E-state index in [1.165, 1.54) is 4.31 Å². The number of hydrogen-bond acceptors (Lipinski definition) is 3. The van der Waals surface area contributed by atoms with Gasteiger partial charge in [0.2, 0.25) is 10.0 Å². The lowest BCUT2D eigenvalue weighted by atomic mass is 10.2. The van der Waals surface area contributed by atoms with Crippen molar-refractivity contribution in [1.82, 2.24) is 4.31 Å². The molecule has 0 aliphatic heterocycles. The predicted molar refractivity (Wildman–Crippen MR) is 83.7 cm³/mol. The highest BCUT2D eigenvalue weighted by molar-refractivity contribution is 7.89. The van der Waals surface area contributed by atoms with Crippen molar-refractivity contribution < 1.29 is 8.42 Å². The number of nitrogens with zero attached hydrogens (tertiary/aromatic N) is 1. The topological polar surface area (TPSA) is 63.4 Å². The molecule has 2 rings (SSSR count). The molecule has 1 aliphatic rings. The number of halogens is 1. The third-order valence-corrected chi connectivity index (χ3v) is 5.91. The van der Waals surface area contributed by atoms with E-state index in [1.54, 1.807) is 13.1 Å². The van der Waals surface area contributed by atoms with E-state index in [4.69, 9.17) is 5.73 Å². The Kier molecular flexibility index (Phi) is 5.61. The lowest BCUT2D eigenvalue weighted by molar-refractivity contribution is 0.340. The first-order valence-electron chi connectivity index (χ1n) is 6.63. The van der Waals surface area contributed by atoms with Crippen LogP contribution in [0.2, 0.25) is 0 Å². The molecular formula is C14H23ClN2O2S.